The number of hydrogen-bond acceptors (Lipinski definition) is 3. The second kappa shape index (κ2) is 7.62. The zero-order chi connectivity index (χ0) is 15.1. The summed E-state index contributed by atoms with van der Waals surface area (Å²) in [6.45, 7) is 5.46. The number of hydrogen-bond donors (Lipinski definition) is 2. The van der Waals surface area contributed by atoms with Crippen LogP contribution in [0.1, 0.15) is 40.0 Å². The normalized spacial score (nSPS) is 12.4. The highest BCUT2D eigenvalue weighted by Gasteiger charge is 2.35. The van der Waals surface area contributed by atoms with Gasteiger partial charge in [0.1, 0.15) is 0 Å². The second-order valence-electron chi connectivity index (χ2n) is 4.77. The maximum atomic E-state index is 11.9. The first-order valence-electron chi connectivity index (χ1n) is 6.45. The number of carboxylic acids is 1. The van der Waals surface area contributed by atoms with E-state index in [2.05, 4.69) is 5.32 Å². The van der Waals surface area contributed by atoms with Crippen LogP contribution >= 0.6 is 0 Å². The number of amides is 2. The van der Waals surface area contributed by atoms with Gasteiger partial charge in [-0.1, -0.05) is 13.8 Å². The molecule has 0 rings (SSSR count). The average molecular weight is 269 g/mol. The Morgan fingerprint density at radius 3 is 2.32 bits per heavy atom. The number of nitriles is 1. The summed E-state index contributed by atoms with van der Waals surface area (Å²) in [4.78, 5) is 24.6. The van der Waals surface area contributed by atoms with Crippen LogP contribution in [0.5, 0.6) is 0 Å². The van der Waals surface area contributed by atoms with Gasteiger partial charge in [-0.25, -0.2) is 4.79 Å². The molecule has 0 fully saturated rings. The highest BCUT2D eigenvalue weighted by atomic mass is 16.4. The van der Waals surface area contributed by atoms with Crippen molar-refractivity contribution < 1.29 is 14.7 Å². The zero-order valence-corrected chi connectivity index (χ0v) is 12.1. The van der Waals surface area contributed by atoms with Gasteiger partial charge in [-0.15, -0.1) is 0 Å². The second-order valence-corrected chi connectivity index (χ2v) is 4.77. The lowest BCUT2D eigenvalue weighted by molar-refractivity contribution is -0.149. The molecular formula is C13H23N3O3. The minimum absolute atomic E-state index is 0.0950. The molecule has 0 aliphatic rings. The van der Waals surface area contributed by atoms with Gasteiger partial charge >= 0.3 is 12.0 Å². The summed E-state index contributed by atoms with van der Waals surface area (Å²) in [6, 6.07) is 1.45. The summed E-state index contributed by atoms with van der Waals surface area (Å²) in [5, 5.41) is 20.5. The number of carboxylic acid groups (broad SMARTS) is 1. The van der Waals surface area contributed by atoms with Gasteiger partial charge in [-0.05, 0) is 19.8 Å². The SMILES string of the molecule is CCC(CC)(CNC(=O)N(C)C(C)CC#N)C(=O)O. The lowest BCUT2D eigenvalue weighted by atomic mass is 9.82. The Morgan fingerprint density at radius 1 is 1.42 bits per heavy atom. The Hall–Kier alpha value is -1.77. The largest absolute Gasteiger partial charge is 0.481 e. The van der Waals surface area contributed by atoms with Crippen molar-refractivity contribution in [1.29, 1.82) is 5.26 Å². The molecule has 6 nitrogen and oxygen atoms in total. The fraction of sp³-hybridized carbons (Fsp3) is 0.769. The molecule has 0 heterocycles. The van der Waals surface area contributed by atoms with Crippen molar-refractivity contribution in [3.63, 3.8) is 0 Å². The molecule has 0 radical (unpaired) electrons. The van der Waals surface area contributed by atoms with E-state index in [1.54, 1.807) is 27.8 Å². The number of aliphatic carboxylic acids is 1. The van der Waals surface area contributed by atoms with Crippen molar-refractivity contribution in [2.24, 2.45) is 5.41 Å². The Balaban J connectivity index is 4.58. The summed E-state index contributed by atoms with van der Waals surface area (Å²) in [7, 11) is 1.59. The van der Waals surface area contributed by atoms with E-state index in [-0.39, 0.29) is 25.0 Å². The minimum atomic E-state index is -0.922. The summed E-state index contributed by atoms with van der Waals surface area (Å²) in [6.07, 6.45) is 1.16. The van der Waals surface area contributed by atoms with Crippen LogP contribution < -0.4 is 5.32 Å². The maximum absolute atomic E-state index is 11.9. The van der Waals surface area contributed by atoms with Crippen LogP contribution in [-0.2, 0) is 4.79 Å². The highest BCUT2D eigenvalue weighted by molar-refractivity contribution is 5.78. The topological polar surface area (TPSA) is 93.4 Å². The summed E-state index contributed by atoms with van der Waals surface area (Å²) < 4.78 is 0. The van der Waals surface area contributed by atoms with Crippen molar-refractivity contribution in [2.45, 2.75) is 46.1 Å². The first kappa shape index (κ1) is 17.2. The molecule has 2 N–H and O–H groups in total. The van der Waals surface area contributed by atoms with Gasteiger partial charge < -0.3 is 15.3 Å². The fourth-order valence-electron chi connectivity index (χ4n) is 1.72. The molecule has 1 unspecified atom stereocenters. The van der Waals surface area contributed by atoms with Crippen molar-refractivity contribution in [3.8, 4) is 6.07 Å². The van der Waals surface area contributed by atoms with Gasteiger partial charge in [0.25, 0.3) is 0 Å². The van der Waals surface area contributed by atoms with E-state index in [0.29, 0.717) is 12.8 Å². The Labute approximate surface area is 114 Å². The van der Waals surface area contributed by atoms with E-state index < -0.39 is 11.4 Å². The van der Waals surface area contributed by atoms with E-state index >= 15 is 0 Å². The van der Waals surface area contributed by atoms with Crippen LogP contribution in [0.3, 0.4) is 0 Å². The first-order chi connectivity index (χ1) is 8.84. The molecule has 0 aromatic rings. The quantitative estimate of drug-likeness (QED) is 0.737. The van der Waals surface area contributed by atoms with Crippen LogP contribution in [-0.4, -0.2) is 41.6 Å². The smallest absolute Gasteiger partial charge is 0.317 e. The zero-order valence-electron chi connectivity index (χ0n) is 12.1. The molecule has 0 aromatic heterocycles. The van der Waals surface area contributed by atoms with Crippen molar-refractivity contribution >= 4 is 12.0 Å². The molecule has 0 aliphatic carbocycles. The van der Waals surface area contributed by atoms with E-state index in [9.17, 15) is 14.7 Å². The fourth-order valence-corrected chi connectivity index (χ4v) is 1.72. The molecule has 0 aliphatic heterocycles. The van der Waals surface area contributed by atoms with Gasteiger partial charge in [0.2, 0.25) is 0 Å². The predicted molar refractivity (Wildman–Crippen MR) is 71.5 cm³/mol. The molecule has 1 atom stereocenters. The van der Waals surface area contributed by atoms with Crippen LogP contribution in [0.4, 0.5) is 4.79 Å². The van der Waals surface area contributed by atoms with Crippen LogP contribution in [0.2, 0.25) is 0 Å². The molecule has 0 bridgehead atoms. The van der Waals surface area contributed by atoms with Crippen LogP contribution in [0.15, 0.2) is 0 Å². The third-order valence-corrected chi connectivity index (χ3v) is 3.75. The number of nitrogens with zero attached hydrogens (tertiary/aromatic N) is 2. The summed E-state index contributed by atoms with van der Waals surface area (Å²) >= 11 is 0. The van der Waals surface area contributed by atoms with Crippen LogP contribution in [0.25, 0.3) is 0 Å². The Kier molecular flexibility index (Phi) is 6.91. The van der Waals surface area contributed by atoms with Crippen molar-refractivity contribution in [3.05, 3.63) is 0 Å². The minimum Gasteiger partial charge on any atom is -0.481 e. The molecule has 0 aromatic carbocycles. The van der Waals surface area contributed by atoms with E-state index in [0.717, 1.165) is 0 Å². The van der Waals surface area contributed by atoms with Gasteiger partial charge in [0.15, 0.2) is 0 Å². The first-order valence-corrected chi connectivity index (χ1v) is 6.45. The average Bonchev–Trinajstić information content (AvgIpc) is 2.39. The highest BCUT2D eigenvalue weighted by Crippen LogP contribution is 2.25. The number of carbonyl (C=O) groups excluding carboxylic acids is 1. The van der Waals surface area contributed by atoms with Gasteiger partial charge in [-0.3, -0.25) is 4.79 Å². The monoisotopic (exact) mass is 269 g/mol. The Morgan fingerprint density at radius 2 is 1.95 bits per heavy atom. The molecule has 2 amide bonds. The molecule has 0 saturated carbocycles. The third kappa shape index (κ3) is 4.43. The van der Waals surface area contributed by atoms with E-state index in [1.165, 1.54) is 4.90 Å². The number of rotatable bonds is 7. The van der Waals surface area contributed by atoms with Crippen molar-refractivity contribution in [2.75, 3.05) is 13.6 Å². The number of urea groups is 1. The molecule has 0 saturated heterocycles. The summed E-state index contributed by atoms with van der Waals surface area (Å²) in [5.74, 6) is -0.898. The third-order valence-electron chi connectivity index (χ3n) is 3.75. The molecule has 19 heavy (non-hydrogen) atoms. The van der Waals surface area contributed by atoms with Gasteiger partial charge in [-0.2, -0.15) is 5.26 Å². The van der Waals surface area contributed by atoms with Crippen LogP contribution in [0, 0.1) is 16.7 Å². The van der Waals surface area contributed by atoms with E-state index in [1.807, 2.05) is 6.07 Å². The lowest BCUT2D eigenvalue weighted by Crippen LogP contribution is -2.48. The van der Waals surface area contributed by atoms with Crippen molar-refractivity contribution in [1.82, 2.24) is 10.2 Å². The molecule has 0 spiro atoms. The predicted octanol–water partition coefficient (Wildman–Crippen LogP) is 1.82. The standard InChI is InChI=1S/C13H23N3O3/c1-5-13(6-2,11(17)18)9-15-12(19)16(4)10(3)7-8-14/h10H,5-7,9H2,1-4H3,(H,15,19)(H,17,18). The number of nitrogens with one attached hydrogen (secondary N) is 1. The molecular weight excluding hydrogens is 246 g/mol. The van der Waals surface area contributed by atoms with Gasteiger partial charge in [0, 0.05) is 19.6 Å². The lowest BCUT2D eigenvalue weighted by Gasteiger charge is -2.29. The van der Waals surface area contributed by atoms with Gasteiger partial charge in [0.05, 0.1) is 17.9 Å². The molecule has 108 valence electrons. The summed E-state index contributed by atoms with van der Waals surface area (Å²) in [5.41, 5.74) is -0.922. The maximum Gasteiger partial charge on any atom is 0.317 e. The molecule has 6 heteroatoms. The van der Waals surface area contributed by atoms with E-state index in [4.69, 9.17) is 5.26 Å². The Bertz CT molecular complexity index is 359. The number of carbonyl (C=O) groups is 2.